The molecular formula is C18H15B. The van der Waals surface area contributed by atoms with Gasteiger partial charge in [0.15, 0.2) is 0 Å². The third-order valence-corrected chi connectivity index (χ3v) is 4.30. The van der Waals surface area contributed by atoms with Gasteiger partial charge in [-0.2, -0.15) is 0 Å². The Kier molecular flexibility index (Phi) is 2.44. The average molecular weight is 242 g/mol. The maximum absolute atomic E-state index is 2.31. The maximum Gasteiger partial charge on any atom is 0.148 e. The zero-order chi connectivity index (χ0) is 12.7. The first kappa shape index (κ1) is 10.9. The Labute approximate surface area is 114 Å². The third-order valence-electron chi connectivity index (χ3n) is 4.30. The van der Waals surface area contributed by atoms with Crippen LogP contribution in [0.5, 0.6) is 0 Å². The van der Waals surface area contributed by atoms with Crippen molar-refractivity contribution in [2.45, 2.75) is 11.6 Å². The molecule has 0 bridgehead atoms. The fraction of sp³-hybridized carbons (Fsp3) is 0.111. The molecule has 0 amide bonds. The molecule has 19 heavy (non-hydrogen) atoms. The van der Waals surface area contributed by atoms with Crippen molar-refractivity contribution in [3.05, 3.63) is 84.0 Å². The largest absolute Gasteiger partial charge is 0.148 e. The third kappa shape index (κ3) is 1.69. The molecule has 0 aromatic heterocycles. The molecule has 2 aliphatic carbocycles. The highest BCUT2D eigenvalue weighted by molar-refractivity contribution is 6.43. The summed E-state index contributed by atoms with van der Waals surface area (Å²) in [7, 11) is 1.18. The highest BCUT2D eigenvalue weighted by Crippen LogP contribution is 2.45. The lowest BCUT2D eigenvalue weighted by atomic mass is 9.52. The number of benzene rings is 2. The summed E-state index contributed by atoms with van der Waals surface area (Å²) in [5, 5.41) is 0. The second-order valence-electron chi connectivity index (χ2n) is 5.40. The van der Waals surface area contributed by atoms with Crippen LogP contribution < -0.4 is 0 Å². The van der Waals surface area contributed by atoms with Gasteiger partial charge < -0.3 is 0 Å². The minimum absolute atomic E-state index is 0.546. The van der Waals surface area contributed by atoms with Crippen LogP contribution in [0.1, 0.15) is 16.9 Å². The predicted octanol–water partition coefficient (Wildman–Crippen LogP) is 4.11. The summed E-state index contributed by atoms with van der Waals surface area (Å²) in [5.74, 6) is 1.13. The topological polar surface area (TPSA) is 0 Å². The molecule has 2 aromatic carbocycles. The Balaban J connectivity index is 1.81. The second kappa shape index (κ2) is 4.27. The Morgan fingerprint density at radius 2 is 1.21 bits per heavy atom. The van der Waals surface area contributed by atoms with Crippen molar-refractivity contribution in [2.24, 2.45) is 0 Å². The molecule has 0 heterocycles. The molecule has 0 saturated carbocycles. The molecule has 0 unspecified atom stereocenters. The Hall–Kier alpha value is -2.02. The van der Waals surface area contributed by atoms with E-state index in [4.69, 9.17) is 0 Å². The van der Waals surface area contributed by atoms with Crippen molar-refractivity contribution in [2.75, 3.05) is 0 Å². The van der Waals surface area contributed by atoms with Gasteiger partial charge in [0.1, 0.15) is 7.28 Å². The van der Waals surface area contributed by atoms with Crippen LogP contribution >= 0.6 is 0 Å². The molecular weight excluding hydrogens is 227 g/mol. The quantitative estimate of drug-likeness (QED) is 0.695. The molecule has 2 aromatic rings. The van der Waals surface area contributed by atoms with E-state index in [0.29, 0.717) is 11.6 Å². The summed E-state index contributed by atoms with van der Waals surface area (Å²) in [4.78, 5) is 0. The predicted molar refractivity (Wildman–Crippen MR) is 82.9 cm³/mol. The van der Waals surface area contributed by atoms with Crippen LogP contribution in [0.3, 0.4) is 0 Å². The first-order chi connectivity index (χ1) is 9.43. The molecule has 0 N–H and O–H groups in total. The van der Waals surface area contributed by atoms with E-state index in [-0.39, 0.29) is 0 Å². The van der Waals surface area contributed by atoms with E-state index in [1.165, 1.54) is 29.5 Å². The second-order valence-corrected chi connectivity index (χ2v) is 5.40. The Morgan fingerprint density at radius 3 is 1.79 bits per heavy atom. The molecule has 0 nitrogen and oxygen atoms in total. The Bertz CT molecular complexity index is 624. The van der Waals surface area contributed by atoms with Crippen LogP contribution in [0, 0.1) is 0 Å². The number of hydrogen-bond donors (Lipinski definition) is 0. The molecule has 2 aliphatic rings. The number of rotatable bonds is 2. The van der Waals surface area contributed by atoms with E-state index in [1.807, 2.05) is 0 Å². The lowest BCUT2D eigenvalue weighted by Gasteiger charge is -2.14. The van der Waals surface area contributed by atoms with Crippen LogP contribution in [0.4, 0.5) is 0 Å². The molecule has 4 rings (SSSR count). The van der Waals surface area contributed by atoms with Gasteiger partial charge in [-0.05, 0) is 33.9 Å². The van der Waals surface area contributed by atoms with Gasteiger partial charge in [0.05, 0.1) is 0 Å². The SMILES string of the molecule is B(C1C=CC=C1)C1c2ccccc2-c2ccccc21. The minimum atomic E-state index is 0.546. The molecule has 90 valence electrons. The summed E-state index contributed by atoms with van der Waals surface area (Å²) >= 11 is 0. The zero-order valence-corrected chi connectivity index (χ0v) is 10.8. The van der Waals surface area contributed by atoms with Crippen molar-refractivity contribution < 1.29 is 0 Å². The van der Waals surface area contributed by atoms with Crippen LogP contribution in [-0.4, -0.2) is 7.28 Å². The molecule has 0 atom stereocenters. The van der Waals surface area contributed by atoms with Crippen LogP contribution in [0.2, 0.25) is 5.82 Å². The van der Waals surface area contributed by atoms with Gasteiger partial charge in [0, 0.05) is 0 Å². The van der Waals surface area contributed by atoms with Gasteiger partial charge in [-0.15, -0.1) is 0 Å². The van der Waals surface area contributed by atoms with E-state index < -0.39 is 0 Å². The van der Waals surface area contributed by atoms with Crippen LogP contribution in [-0.2, 0) is 0 Å². The number of allylic oxidation sites excluding steroid dienone is 4. The van der Waals surface area contributed by atoms with Crippen LogP contribution in [0.15, 0.2) is 72.8 Å². The van der Waals surface area contributed by atoms with Gasteiger partial charge >= 0.3 is 0 Å². The molecule has 0 fully saturated rings. The highest BCUT2D eigenvalue weighted by Gasteiger charge is 2.29. The van der Waals surface area contributed by atoms with Crippen molar-refractivity contribution in [3.8, 4) is 11.1 Å². The average Bonchev–Trinajstić information content (AvgIpc) is 3.08. The summed E-state index contributed by atoms with van der Waals surface area (Å²) in [6, 6.07) is 17.7. The molecule has 0 aliphatic heterocycles. The molecule has 0 saturated heterocycles. The summed E-state index contributed by atoms with van der Waals surface area (Å²) in [6.07, 6.45) is 8.95. The standard InChI is InChI=1S/C18H15B/c1-2-8-13(7-1)19-18-16-11-5-3-9-14(16)15-10-4-6-12-17(15)18/h1-13,18-19H. The smallest absolute Gasteiger partial charge is 0.0853 e. The summed E-state index contributed by atoms with van der Waals surface area (Å²) in [6.45, 7) is 0. The minimum Gasteiger partial charge on any atom is -0.0853 e. The molecule has 0 radical (unpaired) electrons. The van der Waals surface area contributed by atoms with E-state index in [0.717, 1.165) is 0 Å². The van der Waals surface area contributed by atoms with E-state index >= 15 is 0 Å². The van der Waals surface area contributed by atoms with Crippen molar-refractivity contribution >= 4 is 7.28 Å². The number of hydrogen-bond acceptors (Lipinski definition) is 0. The van der Waals surface area contributed by atoms with Crippen molar-refractivity contribution in [1.82, 2.24) is 0 Å². The van der Waals surface area contributed by atoms with Gasteiger partial charge in [-0.25, -0.2) is 0 Å². The lowest BCUT2D eigenvalue weighted by Crippen LogP contribution is -2.10. The fourth-order valence-corrected chi connectivity index (χ4v) is 3.42. The normalized spacial score (nSPS) is 16.6. The number of fused-ring (bicyclic) bond motifs is 3. The van der Waals surface area contributed by atoms with Gasteiger partial charge in [-0.1, -0.05) is 72.8 Å². The maximum atomic E-state index is 2.31. The van der Waals surface area contributed by atoms with Crippen molar-refractivity contribution in [1.29, 1.82) is 0 Å². The van der Waals surface area contributed by atoms with Gasteiger partial charge in [0.2, 0.25) is 0 Å². The highest BCUT2D eigenvalue weighted by atomic mass is 14.3. The molecule has 0 spiro atoms. The first-order valence-corrected chi connectivity index (χ1v) is 6.97. The molecule has 1 heteroatoms. The monoisotopic (exact) mass is 242 g/mol. The lowest BCUT2D eigenvalue weighted by molar-refractivity contribution is 1.14. The van der Waals surface area contributed by atoms with Gasteiger partial charge in [0.25, 0.3) is 0 Å². The van der Waals surface area contributed by atoms with E-state index in [2.05, 4.69) is 72.8 Å². The summed E-state index contributed by atoms with van der Waals surface area (Å²) < 4.78 is 0. The first-order valence-electron chi connectivity index (χ1n) is 6.97. The summed E-state index contributed by atoms with van der Waals surface area (Å²) in [5.41, 5.74) is 5.85. The van der Waals surface area contributed by atoms with Gasteiger partial charge in [-0.3, -0.25) is 0 Å². The zero-order valence-electron chi connectivity index (χ0n) is 10.8. The van der Waals surface area contributed by atoms with E-state index in [1.54, 1.807) is 0 Å². The Morgan fingerprint density at radius 1 is 0.684 bits per heavy atom. The van der Waals surface area contributed by atoms with Crippen LogP contribution in [0.25, 0.3) is 11.1 Å². The van der Waals surface area contributed by atoms with E-state index in [9.17, 15) is 0 Å². The van der Waals surface area contributed by atoms with Crippen molar-refractivity contribution in [3.63, 3.8) is 0 Å². The fourth-order valence-electron chi connectivity index (χ4n) is 3.42.